The molecular formula is C15H15ClN2OS. The second kappa shape index (κ2) is 5.62. The SMILES string of the molecule is Cn1c2c(c(SCc3ccc(Cl)cc3)nc1=O)CCC2. The van der Waals surface area contributed by atoms with Gasteiger partial charge in [-0.1, -0.05) is 23.7 Å². The molecule has 0 N–H and O–H groups in total. The van der Waals surface area contributed by atoms with Crippen LogP contribution in [-0.4, -0.2) is 9.55 Å². The van der Waals surface area contributed by atoms with Crippen molar-refractivity contribution in [3.05, 3.63) is 56.6 Å². The van der Waals surface area contributed by atoms with Crippen molar-refractivity contribution < 1.29 is 0 Å². The molecule has 0 bridgehead atoms. The predicted octanol–water partition coefficient (Wildman–Crippen LogP) is 3.21. The van der Waals surface area contributed by atoms with Crippen molar-refractivity contribution in [3.8, 4) is 0 Å². The maximum Gasteiger partial charge on any atom is 0.348 e. The number of halogens is 1. The van der Waals surface area contributed by atoms with E-state index in [2.05, 4.69) is 4.98 Å². The fourth-order valence-electron chi connectivity index (χ4n) is 2.52. The molecule has 0 unspecified atom stereocenters. The van der Waals surface area contributed by atoms with Gasteiger partial charge in [0.15, 0.2) is 0 Å². The summed E-state index contributed by atoms with van der Waals surface area (Å²) in [5.41, 5.74) is 3.45. The van der Waals surface area contributed by atoms with Crippen LogP contribution in [0.3, 0.4) is 0 Å². The molecule has 0 saturated heterocycles. The molecule has 1 aromatic carbocycles. The summed E-state index contributed by atoms with van der Waals surface area (Å²) < 4.78 is 1.69. The van der Waals surface area contributed by atoms with Gasteiger partial charge in [0.05, 0.1) is 0 Å². The van der Waals surface area contributed by atoms with E-state index in [1.807, 2.05) is 31.3 Å². The normalized spacial score (nSPS) is 13.5. The molecule has 1 heterocycles. The quantitative estimate of drug-likeness (QED) is 0.645. The van der Waals surface area contributed by atoms with Crippen LogP contribution in [0.1, 0.15) is 23.2 Å². The van der Waals surface area contributed by atoms with Crippen molar-refractivity contribution >= 4 is 23.4 Å². The summed E-state index contributed by atoms with van der Waals surface area (Å²) in [6, 6.07) is 7.80. The molecule has 0 spiro atoms. The Morgan fingerprint density at radius 1 is 1.30 bits per heavy atom. The summed E-state index contributed by atoms with van der Waals surface area (Å²) >= 11 is 7.52. The lowest BCUT2D eigenvalue weighted by molar-refractivity contribution is 0.727. The Labute approximate surface area is 127 Å². The minimum absolute atomic E-state index is 0.149. The predicted molar refractivity (Wildman–Crippen MR) is 82.5 cm³/mol. The maximum atomic E-state index is 11.9. The van der Waals surface area contributed by atoms with E-state index in [1.54, 1.807) is 16.3 Å². The molecule has 0 amide bonds. The second-order valence-corrected chi connectivity index (χ2v) is 6.35. The molecule has 0 radical (unpaired) electrons. The van der Waals surface area contributed by atoms with Crippen molar-refractivity contribution in [3.63, 3.8) is 0 Å². The third kappa shape index (κ3) is 2.63. The van der Waals surface area contributed by atoms with Gasteiger partial charge in [0.2, 0.25) is 0 Å². The van der Waals surface area contributed by atoms with E-state index in [9.17, 15) is 4.79 Å². The fraction of sp³-hybridized carbons (Fsp3) is 0.333. The Bertz CT molecular complexity index is 694. The van der Waals surface area contributed by atoms with Gasteiger partial charge in [-0.05, 0) is 37.0 Å². The molecule has 0 saturated carbocycles. The standard InChI is InChI=1S/C15H15ClN2OS/c1-18-13-4-2-3-12(13)14(17-15(18)19)20-9-10-5-7-11(16)8-6-10/h5-8H,2-4,9H2,1H3. The molecule has 3 nitrogen and oxygen atoms in total. The minimum atomic E-state index is -0.149. The first kappa shape index (κ1) is 13.7. The highest BCUT2D eigenvalue weighted by atomic mass is 35.5. The van der Waals surface area contributed by atoms with Crippen LogP contribution >= 0.6 is 23.4 Å². The number of hydrogen-bond donors (Lipinski definition) is 0. The van der Waals surface area contributed by atoms with E-state index >= 15 is 0 Å². The monoisotopic (exact) mass is 306 g/mol. The average Bonchev–Trinajstić information content (AvgIpc) is 2.93. The molecule has 2 aromatic rings. The lowest BCUT2D eigenvalue weighted by Crippen LogP contribution is -2.24. The molecule has 104 valence electrons. The maximum absolute atomic E-state index is 11.9. The zero-order chi connectivity index (χ0) is 14.1. The van der Waals surface area contributed by atoms with E-state index < -0.39 is 0 Å². The van der Waals surface area contributed by atoms with Gasteiger partial charge in [-0.3, -0.25) is 4.57 Å². The molecule has 1 aromatic heterocycles. The molecular weight excluding hydrogens is 292 g/mol. The van der Waals surface area contributed by atoms with Crippen LogP contribution in [-0.2, 0) is 25.6 Å². The lowest BCUT2D eigenvalue weighted by Gasteiger charge is -2.10. The summed E-state index contributed by atoms with van der Waals surface area (Å²) in [5.74, 6) is 0.809. The van der Waals surface area contributed by atoms with Gasteiger partial charge in [-0.25, -0.2) is 4.79 Å². The molecule has 0 aliphatic heterocycles. The van der Waals surface area contributed by atoms with Crippen LogP contribution in [0.2, 0.25) is 5.02 Å². The lowest BCUT2D eigenvalue weighted by atomic mass is 10.2. The highest BCUT2D eigenvalue weighted by molar-refractivity contribution is 7.98. The van der Waals surface area contributed by atoms with Crippen molar-refractivity contribution in [1.29, 1.82) is 0 Å². The van der Waals surface area contributed by atoms with Crippen LogP contribution in [0.15, 0.2) is 34.1 Å². The van der Waals surface area contributed by atoms with Gasteiger partial charge in [0.1, 0.15) is 5.03 Å². The number of fused-ring (bicyclic) bond motifs is 1. The topological polar surface area (TPSA) is 34.9 Å². The zero-order valence-corrected chi connectivity index (χ0v) is 12.8. The van der Waals surface area contributed by atoms with E-state index in [-0.39, 0.29) is 5.69 Å². The summed E-state index contributed by atoms with van der Waals surface area (Å²) in [4.78, 5) is 16.1. The number of rotatable bonds is 3. The number of nitrogens with zero attached hydrogens (tertiary/aromatic N) is 2. The highest BCUT2D eigenvalue weighted by Gasteiger charge is 2.20. The number of hydrogen-bond acceptors (Lipinski definition) is 3. The largest absolute Gasteiger partial charge is 0.348 e. The highest BCUT2D eigenvalue weighted by Crippen LogP contribution is 2.30. The van der Waals surface area contributed by atoms with Crippen LogP contribution in [0.4, 0.5) is 0 Å². The van der Waals surface area contributed by atoms with Gasteiger partial charge in [0.25, 0.3) is 0 Å². The van der Waals surface area contributed by atoms with E-state index in [0.29, 0.717) is 0 Å². The molecule has 5 heteroatoms. The van der Waals surface area contributed by atoms with E-state index in [1.165, 1.54) is 11.1 Å². The van der Waals surface area contributed by atoms with Gasteiger partial charge in [0, 0.05) is 29.1 Å². The number of thioether (sulfide) groups is 1. The average molecular weight is 307 g/mol. The molecule has 3 rings (SSSR count). The van der Waals surface area contributed by atoms with Crippen molar-refractivity contribution in [2.24, 2.45) is 7.05 Å². The molecule has 1 aliphatic rings. The Morgan fingerprint density at radius 2 is 2.05 bits per heavy atom. The third-order valence-electron chi connectivity index (χ3n) is 3.62. The van der Waals surface area contributed by atoms with Crippen molar-refractivity contribution in [2.75, 3.05) is 0 Å². The summed E-state index contributed by atoms with van der Waals surface area (Å²) in [5, 5.41) is 1.64. The van der Waals surface area contributed by atoms with Crippen LogP contribution < -0.4 is 5.69 Å². The smallest absolute Gasteiger partial charge is 0.299 e. The molecule has 0 fully saturated rings. The molecule has 0 atom stereocenters. The van der Waals surface area contributed by atoms with E-state index in [0.717, 1.165) is 40.8 Å². The van der Waals surface area contributed by atoms with Crippen LogP contribution in [0.25, 0.3) is 0 Å². The van der Waals surface area contributed by atoms with Gasteiger partial charge in [-0.2, -0.15) is 4.98 Å². The first-order valence-corrected chi connectivity index (χ1v) is 7.97. The second-order valence-electron chi connectivity index (χ2n) is 4.95. The summed E-state index contributed by atoms with van der Waals surface area (Å²) in [6.07, 6.45) is 3.13. The fourth-order valence-corrected chi connectivity index (χ4v) is 3.68. The molecule has 1 aliphatic carbocycles. The van der Waals surface area contributed by atoms with Crippen LogP contribution in [0.5, 0.6) is 0 Å². The summed E-state index contributed by atoms with van der Waals surface area (Å²) in [7, 11) is 1.81. The van der Waals surface area contributed by atoms with Crippen molar-refractivity contribution in [2.45, 2.75) is 30.0 Å². The number of aromatic nitrogens is 2. The zero-order valence-electron chi connectivity index (χ0n) is 11.2. The third-order valence-corrected chi connectivity index (χ3v) is 4.97. The van der Waals surface area contributed by atoms with E-state index in [4.69, 9.17) is 11.6 Å². The Kier molecular flexibility index (Phi) is 3.85. The summed E-state index contributed by atoms with van der Waals surface area (Å²) in [6.45, 7) is 0. The Balaban J connectivity index is 1.85. The Hall–Kier alpha value is -1.26. The van der Waals surface area contributed by atoms with Gasteiger partial charge < -0.3 is 0 Å². The van der Waals surface area contributed by atoms with Gasteiger partial charge in [-0.15, -0.1) is 11.8 Å². The first-order chi connectivity index (χ1) is 9.65. The minimum Gasteiger partial charge on any atom is -0.299 e. The van der Waals surface area contributed by atoms with Crippen LogP contribution in [0, 0.1) is 0 Å². The van der Waals surface area contributed by atoms with Gasteiger partial charge >= 0.3 is 5.69 Å². The van der Waals surface area contributed by atoms with Crippen molar-refractivity contribution in [1.82, 2.24) is 9.55 Å². The number of benzene rings is 1. The first-order valence-electron chi connectivity index (χ1n) is 6.61. The Morgan fingerprint density at radius 3 is 2.80 bits per heavy atom. The molecule has 20 heavy (non-hydrogen) atoms.